The molecule has 28 heavy (non-hydrogen) atoms. The zero-order chi connectivity index (χ0) is 20.9. The normalized spacial score (nSPS) is 17.2. The molecule has 1 atom stereocenters. The third-order valence-corrected chi connectivity index (χ3v) is 6.31. The number of amides is 2. The molecule has 1 saturated heterocycles. The smallest absolute Gasteiger partial charge is 0.324 e. The molecule has 0 aromatic heterocycles. The van der Waals surface area contributed by atoms with Crippen LogP contribution >= 0.6 is 0 Å². The number of nitrogens with zero attached hydrogens (tertiary/aromatic N) is 2. The summed E-state index contributed by atoms with van der Waals surface area (Å²) in [7, 11) is -0.731. The van der Waals surface area contributed by atoms with E-state index in [9.17, 15) is 22.8 Å². The molecule has 154 valence electrons. The summed E-state index contributed by atoms with van der Waals surface area (Å²) in [6, 6.07) is 5.41. The fourth-order valence-electron chi connectivity index (χ4n) is 2.73. The summed E-state index contributed by atoms with van der Waals surface area (Å²) in [6.07, 6.45) is 0.846. The van der Waals surface area contributed by atoms with E-state index in [-0.39, 0.29) is 23.9 Å². The second-order valence-electron chi connectivity index (χ2n) is 6.76. The average Bonchev–Trinajstić information content (AvgIpc) is 3.15. The van der Waals surface area contributed by atoms with Crippen molar-refractivity contribution in [3.8, 4) is 0 Å². The van der Waals surface area contributed by atoms with Crippen molar-refractivity contribution in [3.05, 3.63) is 29.8 Å². The molecule has 1 fully saturated rings. The molecular formula is C18H25N3O6S. The number of aryl methyl sites for hydroxylation is 1. The van der Waals surface area contributed by atoms with Crippen LogP contribution in [0.4, 0.5) is 0 Å². The van der Waals surface area contributed by atoms with E-state index in [4.69, 9.17) is 4.74 Å². The minimum absolute atomic E-state index is 0.109. The third-order valence-electron chi connectivity index (χ3n) is 4.38. The second kappa shape index (κ2) is 9.16. The number of likely N-dealkylation sites (N-methyl/N-ethyl adjacent to an activating group) is 1. The number of rotatable bonds is 7. The first kappa shape index (κ1) is 21.8. The van der Waals surface area contributed by atoms with Gasteiger partial charge >= 0.3 is 5.97 Å². The minimum atomic E-state index is -3.84. The quantitative estimate of drug-likeness (QED) is 0.627. The van der Waals surface area contributed by atoms with Crippen molar-refractivity contribution in [2.24, 2.45) is 0 Å². The minimum Gasteiger partial charge on any atom is -0.454 e. The van der Waals surface area contributed by atoms with Gasteiger partial charge < -0.3 is 15.0 Å². The summed E-state index contributed by atoms with van der Waals surface area (Å²) < 4.78 is 31.8. The summed E-state index contributed by atoms with van der Waals surface area (Å²) >= 11 is 0. The number of carbonyl (C=O) groups excluding carboxylic acids is 3. The molecule has 2 amide bonds. The Kier molecular flexibility index (Phi) is 7.14. The molecule has 0 unspecified atom stereocenters. The number of hydrogen-bond acceptors (Lipinski definition) is 6. The van der Waals surface area contributed by atoms with E-state index in [1.165, 1.54) is 17.0 Å². The van der Waals surface area contributed by atoms with Gasteiger partial charge in [0.2, 0.25) is 15.9 Å². The summed E-state index contributed by atoms with van der Waals surface area (Å²) in [5, 5.41) is 2.34. The molecule has 1 heterocycles. The fourth-order valence-corrected chi connectivity index (χ4v) is 4.37. The summed E-state index contributed by atoms with van der Waals surface area (Å²) in [5.74, 6) is -1.71. The van der Waals surface area contributed by atoms with E-state index in [0.29, 0.717) is 12.8 Å². The first-order valence-electron chi connectivity index (χ1n) is 8.85. The standard InChI is InChI=1S/C18H25N3O6S/c1-13-6-8-14(9-7-13)28(25,26)21-10-4-5-15(21)18(24)27-12-16(22)19-11-17(23)20(2)3/h6-9,15H,4-5,10-12H2,1-3H3,(H,19,22)/t15-/m0/s1. The van der Waals surface area contributed by atoms with Crippen molar-refractivity contribution < 1.29 is 27.5 Å². The fraction of sp³-hybridized carbons (Fsp3) is 0.500. The largest absolute Gasteiger partial charge is 0.454 e. The van der Waals surface area contributed by atoms with Gasteiger partial charge in [0.05, 0.1) is 11.4 Å². The van der Waals surface area contributed by atoms with Gasteiger partial charge in [-0.3, -0.25) is 14.4 Å². The van der Waals surface area contributed by atoms with Crippen LogP contribution in [0.5, 0.6) is 0 Å². The van der Waals surface area contributed by atoms with Gasteiger partial charge in [-0.05, 0) is 31.9 Å². The van der Waals surface area contributed by atoms with E-state index in [0.717, 1.165) is 9.87 Å². The Morgan fingerprint density at radius 3 is 2.46 bits per heavy atom. The predicted molar refractivity (Wildman–Crippen MR) is 101 cm³/mol. The van der Waals surface area contributed by atoms with E-state index >= 15 is 0 Å². The summed E-state index contributed by atoms with van der Waals surface area (Å²) in [5.41, 5.74) is 0.926. The highest BCUT2D eigenvalue weighted by molar-refractivity contribution is 7.89. The zero-order valence-electron chi connectivity index (χ0n) is 16.2. The average molecular weight is 411 g/mol. The number of carbonyl (C=O) groups is 3. The number of hydrogen-bond donors (Lipinski definition) is 1. The van der Waals surface area contributed by atoms with Gasteiger partial charge in [0.1, 0.15) is 6.04 Å². The van der Waals surface area contributed by atoms with Gasteiger partial charge in [0.15, 0.2) is 6.61 Å². The lowest BCUT2D eigenvalue weighted by Gasteiger charge is -2.22. The Morgan fingerprint density at radius 2 is 1.86 bits per heavy atom. The van der Waals surface area contributed by atoms with Gasteiger partial charge in [-0.25, -0.2) is 8.42 Å². The second-order valence-corrected chi connectivity index (χ2v) is 8.65. The maximum absolute atomic E-state index is 12.8. The van der Waals surface area contributed by atoms with Gasteiger partial charge in [-0.15, -0.1) is 0 Å². The van der Waals surface area contributed by atoms with Crippen LogP contribution in [-0.2, 0) is 29.1 Å². The maximum atomic E-state index is 12.8. The molecule has 0 aliphatic carbocycles. The predicted octanol–water partition coefficient (Wildman–Crippen LogP) is -0.104. The molecular weight excluding hydrogens is 386 g/mol. The maximum Gasteiger partial charge on any atom is 0.324 e. The first-order valence-corrected chi connectivity index (χ1v) is 10.3. The molecule has 1 aromatic rings. The molecule has 1 N–H and O–H groups in total. The highest BCUT2D eigenvalue weighted by Gasteiger charge is 2.40. The molecule has 1 aromatic carbocycles. The Morgan fingerprint density at radius 1 is 1.21 bits per heavy atom. The number of benzene rings is 1. The Balaban J connectivity index is 1.96. The van der Waals surface area contributed by atoms with E-state index < -0.39 is 34.5 Å². The summed E-state index contributed by atoms with van der Waals surface area (Å²) in [4.78, 5) is 36.9. The molecule has 1 aliphatic rings. The number of esters is 1. The lowest BCUT2D eigenvalue weighted by Crippen LogP contribution is -2.43. The van der Waals surface area contributed by atoms with Crippen molar-refractivity contribution in [2.75, 3.05) is 33.8 Å². The molecule has 0 spiro atoms. The number of ether oxygens (including phenoxy) is 1. The lowest BCUT2D eigenvalue weighted by molar-refractivity contribution is -0.151. The molecule has 0 radical (unpaired) electrons. The van der Waals surface area contributed by atoms with Gasteiger partial charge in [-0.1, -0.05) is 17.7 Å². The number of sulfonamides is 1. The van der Waals surface area contributed by atoms with Crippen molar-refractivity contribution in [3.63, 3.8) is 0 Å². The highest BCUT2D eigenvalue weighted by Crippen LogP contribution is 2.27. The molecule has 0 bridgehead atoms. The van der Waals surface area contributed by atoms with E-state index in [1.54, 1.807) is 26.2 Å². The van der Waals surface area contributed by atoms with Crippen LogP contribution in [0.2, 0.25) is 0 Å². The Labute approximate surface area is 164 Å². The van der Waals surface area contributed by atoms with Crippen LogP contribution in [0.3, 0.4) is 0 Å². The van der Waals surface area contributed by atoms with Gasteiger partial charge in [0, 0.05) is 20.6 Å². The molecule has 9 nitrogen and oxygen atoms in total. The van der Waals surface area contributed by atoms with E-state index in [2.05, 4.69) is 5.32 Å². The van der Waals surface area contributed by atoms with Crippen molar-refractivity contribution >= 4 is 27.8 Å². The Bertz CT molecular complexity index is 835. The Hall–Kier alpha value is -2.46. The molecule has 1 aliphatic heterocycles. The highest BCUT2D eigenvalue weighted by atomic mass is 32.2. The van der Waals surface area contributed by atoms with Crippen LogP contribution in [0.25, 0.3) is 0 Å². The molecule has 2 rings (SSSR count). The lowest BCUT2D eigenvalue weighted by atomic mass is 10.2. The van der Waals surface area contributed by atoms with E-state index in [1.807, 2.05) is 6.92 Å². The topological polar surface area (TPSA) is 113 Å². The molecule has 0 saturated carbocycles. The van der Waals surface area contributed by atoms with Crippen LogP contribution in [-0.4, -0.2) is 75.2 Å². The van der Waals surface area contributed by atoms with Crippen molar-refractivity contribution in [2.45, 2.75) is 30.7 Å². The van der Waals surface area contributed by atoms with Crippen molar-refractivity contribution in [1.82, 2.24) is 14.5 Å². The van der Waals surface area contributed by atoms with Gasteiger partial charge in [0.25, 0.3) is 5.91 Å². The molecule has 10 heteroatoms. The first-order chi connectivity index (χ1) is 13.1. The van der Waals surface area contributed by atoms with Crippen LogP contribution < -0.4 is 5.32 Å². The van der Waals surface area contributed by atoms with Crippen LogP contribution in [0.1, 0.15) is 18.4 Å². The van der Waals surface area contributed by atoms with Gasteiger partial charge in [-0.2, -0.15) is 4.31 Å². The monoisotopic (exact) mass is 411 g/mol. The SMILES string of the molecule is Cc1ccc(S(=O)(=O)N2CCC[C@H]2C(=O)OCC(=O)NCC(=O)N(C)C)cc1. The third kappa shape index (κ3) is 5.29. The number of nitrogens with one attached hydrogen (secondary N) is 1. The van der Waals surface area contributed by atoms with Crippen LogP contribution in [0, 0.1) is 6.92 Å². The zero-order valence-corrected chi connectivity index (χ0v) is 17.0. The summed E-state index contributed by atoms with van der Waals surface area (Å²) in [6.45, 7) is 1.28. The van der Waals surface area contributed by atoms with Crippen LogP contribution in [0.15, 0.2) is 29.2 Å². The van der Waals surface area contributed by atoms with Crippen molar-refractivity contribution in [1.29, 1.82) is 0 Å².